The number of anilines is 1. The van der Waals surface area contributed by atoms with Crippen molar-refractivity contribution in [2.45, 2.75) is 13.5 Å². The van der Waals surface area contributed by atoms with Crippen molar-refractivity contribution in [3.05, 3.63) is 47.0 Å². The van der Waals surface area contributed by atoms with E-state index in [9.17, 15) is 9.18 Å². The number of nitrogens with two attached hydrogens (primary N) is 1. The lowest BCUT2D eigenvalue weighted by Gasteiger charge is -2.03. The average Bonchev–Trinajstić information content (AvgIpc) is 2.79. The number of benzene rings is 1. The number of carbonyl (C=O) groups is 1. The third-order valence-corrected chi connectivity index (χ3v) is 2.69. The maximum absolute atomic E-state index is 13.4. The summed E-state index contributed by atoms with van der Waals surface area (Å²) in [6, 6.07) is 5.86. The van der Waals surface area contributed by atoms with Crippen LogP contribution in [-0.4, -0.2) is 22.4 Å². The molecule has 7 heteroatoms. The summed E-state index contributed by atoms with van der Waals surface area (Å²) in [5.74, 6) is -1.11. The van der Waals surface area contributed by atoms with Crippen LogP contribution in [0, 0.1) is 17.1 Å². The highest BCUT2D eigenvalue weighted by Crippen LogP contribution is 2.14. The largest absolute Gasteiger partial charge is 0.461 e. The van der Waals surface area contributed by atoms with Crippen LogP contribution in [0.25, 0.3) is 0 Å². The number of hydrogen-bond acceptors (Lipinski definition) is 5. The molecular weight excluding hydrogens is 275 g/mol. The molecule has 0 spiro atoms. The highest BCUT2D eigenvalue weighted by Gasteiger charge is 2.16. The fourth-order valence-electron chi connectivity index (χ4n) is 1.87. The number of esters is 1. The standard InChI is InChI=1S/C14H13FN4O2/c1-2-21-14(20)13-12(17)8-19(18-13)7-10-3-9(6-16)4-11(15)5-10/h3-5,8H,2,7,17H2,1H3. The summed E-state index contributed by atoms with van der Waals surface area (Å²) in [7, 11) is 0. The van der Waals surface area contributed by atoms with Gasteiger partial charge in [-0.2, -0.15) is 10.4 Å². The minimum absolute atomic E-state index is 0.0220. The summed E-state index contributed by atoms with van der Waals surface area (Å²) in [6.07, 6.45) is 1.46. The first-order valence-electron chi connectivity index (χ1n) is 6.23. The van der Waals surface area contributed by atoms with Crippen LogP contribution in [0.4, 0.5) is 10.1 Å². The van der Waals surface area contributed by atoms with Crippen LogP contribution < -0.4 is 5.73 Å². The number of carbonyl (C=O) groups excluding carboxylic acids is 1. The van der Waals surface area contributed by atoms with Gasteiger partial charge in [0.1, 0.15) is 5.82 Å². The van der Waals surface area contributed by atoms with Crippen LogP contribution >= 0.6 is 0 Å². The summed E-state index contributed by atoms with van der Waals surface area (Å²) in [4.78, 5) is 11.6. The van der Waals surface area contributed by atoms with Gasteiger partial charge in [-0.3, -0.25) is 4.68 Å². The Balaban J connectivity index is 2.25. The normalized spacial score (nSPS) is 10.1. The van der Waals surface area contributed by atoms with E-state index in [0.717, 1.165) is 6.07 Å². The molecule has 0 aliphatic rings. The lowest BCUT2D eigenvalue weighted by Crippen LogP contribution is -2.09. The molecule has 0 unspecified atom stereocenters. The summed E-state index contributed by atoms with van der Waals surface area (Å²) >= 11 is 0. The molecule has 0 aliphatic heterocycles. The molecule has 2 N–H and O–H groups in total. The van der Waals surface area contributed by atoms with Crippen molar-refractivity contribution in [2.75, 3.05) is 12.3 Å². The van der Waals surface area contributed by atoms with Crippen LogP contribution in [-0.2, 0) is 11.3 Å². The van der Waals surface area contributed by atoms with E-state index in [4.69, 9.17) is 15.7 Å². The molecule has 2 aromatic rings. The molecule has 0 aliphatic carbocycles. The Morgan fingerprint density at radius 2 is 2.29 bits per heavy atom. The van der Waals surface area contributed by atoms with Crippen LogP contribution in [0.15, 0.2) is 24.4 Å². The van der Waals surface area contributed by atoms with Crippen LogP contribution in [0.1, 0.15) is 28.5 Å². The highest BCUT2D eigenvalue weighted by atomic mass is 19.1. The second-order valence-electron chi connectivity index (χ2n) is 4.31. The number of rotatable bonds is 4. The van der Waals surface area contributed by atoms with E-state index in [1.807, 2.05) is 6.07 Å². The molecule has 108 valence electrons. The molecule has 2 rings (SSSR count). The third kappa shape index (κ3) is 3.36. The quantitative estimate of drug-likeness (QED) is 0.864. The van der Waals surface area contributed by atoms with Gasteiger partial charge in [-0.1, -0.05) is 0 Å². The van der Waals surface area contributed by atoms with E-state index in [-0.39, 0.29) is 30.1 Å². The minimum Gasteiger partial charge on any atom is -0.461 e. The summed E-state index contributed by atoms with van der Waals surface area (Å²) in [6.45, 7) is 2.10. The van der Waals surface area contributed by atoms with Gasteiger partial charge < -0.3 is 10.5 Å². The van der Waals surface area contributed by atoms with Gasteiger partial charge in [0.2, 0.25) is 0 Å². The highest BCUT2D eigenvalue weighted by molar-refractivity contribution is 5.92. The summed E-state index contributed by atoms with van der Waals surface area (Å²) in [5, 5.41) is 12.8. The Morgan fingerprint density at radius 1 is 1.52 bits per heavy atom. The Kier molecular flexibility index (Phi) is 4.18. The Morgan fingerprint density at radius 3 is 2.95 bits per heavy atom. The molecule has 0 atom stereocenters. The van der Waals surface area contributed by atoms with Gasteiger partial charge in [0.15, 0.2) is 5.69 Å². The third-order valence-electron chi connectivity index (χ3n) is 2.69. The lowest BCUT2D eigenvalue weighted by atomic mass is 10.1. The van der Waals surface area contributed by atoms with Crippen molar-refractivity contribution in [1.29, 1.82) is 5.26 Å². The lowest BCUT2D eigenvalue weighted by molar-refractivity contribution is 0.0519. The Hall–Kier alpha value is -2.88. The molecule has 0 saturated heterocycles. The van der Waals surface area contributed by atoms with Crippen molar-refractivity contribution in [3.8, 4) is 6.07 Å². The molecule has 0 saturated carbocycles. The Labute approximate surface area is 120 Å². The van der Waals surface area contributed by atoms with Gasteiger partial charge in [-0.25, -0.2) is 9.18 Å². The van der Waals surface area contributed by atoms with Crippen molar-refractivity contribution in [2.24, 2.45) is 0 Å². The first-order valence-corrected chi connectivity index (χ1v) is 6.23. The first kappa shape index (κ1) is 14.5. The average molecular weight is 288 g/mol. The van der Waals surface area contributed by atoms with Crippen LogP contribution in [0.3, 0.4) is 0 Å². The van der Waals surface area contributed by atoms with Gasteiger partial charge in [-0.05, 0) is 30.7 Å². The fraction of sp³-hybridized carbons (Fsp3) is 0.214. The molecule has 1 aromatic heterocycles. The van der Waals surface area contributed by atoms with Crippen LogP contribution in [0.2, 0.25) is 0 Å². The number of nitrogen functional groups attached to an aromatic ring is 1. The van der Waals surface area contributed by atoms with Gasteiger partial charge in [-0.15, -0.1) is 0 Å². The van der Waals surface area contributed by atoms with Gasteiger partial charge >= 0.3 is 5.97 Å². The van der Waals surface area contributed by atoms with E-state index < -0.39 is 11.8 Å². The second kappa shape index (κ2) is 6.05. The van der Waals surface area contributed by atoms with Crippen molar-refractivity contribution < 1.29 is 13.9 Å². The summed E-state index contributed by atoms with van der Waals surface area (Å²) < 4.78 is 19.6. The monoisotopic (exact) mass is 288 g/mol. The topological polar surface area (TPSA) is 93.9 Å². The molecule has 0 fully saturated rings. The van der Waals surface area contributed by atoms with E-state index in [1.54, 1.807) is 13.0 Å². The zero-order chi connectivity index (χ0) is 15.4. The smallest absolute Gasteiger partial charge is 0.361 e. The molecule has 1 aromatic carbocycles. The van der Waals surface area contributed by atoms with Gasteiger partial charge in [0.25, 0.3) is 0 Å². The van der Waals surface area contributed by atoms with E-state index in [0.29, 0.717) is 5.56 Å². The van der Waals surface area contributed by atoms with Crippen molar-refractivity contribution in [1.82, 2.24) is 9.78 Å². The maximum atomic E-state index is 13.4. The van der Waals surface area contributed by atoms with E-state index in [1.165, 1.54) is 16.9 Å². The fourth-order valence-corrected chi connectivity index (χ4v) is 1.87. The van der Waals surface area contributed by atoms with E-state index in [2.05, 4.69) is 5.10 Å². The number of nitriles is 1. The van der Waals surface area contributed by atoms with E-state index >= 15 is 0 Å². The van der Waals surface area contributed by atoms with Gasteiger partial charge in [0.05, 0.1) is 30.5 Å². The number of nitrogens with zero attached hydrogens (tertiary/aromatic N) is 3. The SMILES string of the molecule is CCOC(=O)c1nn(Cc2cc(F)cc(C#N)c2)cc1N. The second-order valence-corrected chi connectivity index (χ2v) is 4.31. The Bertz CT molecular complexity index is 718. The molecule has 0 amide bonds. The predicted octanol–water partition coefficient (Wildman–Crippen LogP) is 1.70. The molecule has 0 bridgehead atoms. The molecule has 1 heterocycles. The van der Waals surface area contributed by atoms with Crippen molar-refractivity contribution in [3.63, 3.8) is 0 Å². The molecule has 21 heavy (non-hydrogen) atoms. The summed E-state index contributed by atoms with van der Waals surface area (Å²) in [5.41, 5.74) is 6.67. The maximum Gasteiger partial charge on any atom is 0.361 e. The predicted molar refractivity (Wildman–Crippen MR) is 72.8 cm³/mol. The van der Waals surface area contributed by atoms with Gasteiger partial charge in [0, 0.05) is 6.20 Å². The number of aromatic nitrogens is 2. The van der Waals surface area contributed by atoms with Crippen molar-refractivity contribution >= 4 is 11.7 Å². The van der Waals surface area contributed by atoms with Crippen LogP contribution in [0.5, 0.6) is 0 Å². The number of ether oxygens (including phenoxy) is 1. The number of hydrogen-bond donors (Lipinski definition) is 1. The molecule has 0 radical (unpaired) electrons. The zero-order valence-electron chi connectivity index (χ0n) is 11.3. The number of halogens is 1. The first-order chi connectivity index (χ1) is 10.0. The molecular formula is C14H13FN4O2. The molecule has 6 nitrogen and oxygen atoms in total. The zero-order valence-corrected chi connectivity index (χ0v) is 11.3. The minimum atomic E-state index is -0.606.